The van der Waals surface area contributed by atoms with Crippen LogP contribution in [-0.4, -0.2) is 35.1 Å². The predicted octanol–water partition coefficient (Wildman–Crippen LogP) is 6.49. The minimum absolute atomic E-state index is 0.108. The van der Waals surface area contributed by atoms with Crippen LogP contribution in [-0.2, 0) is 29.0 Å². The maximum atomic E-state index is 13.4. The third-order valence-electron chi connectivity index (χ3n) is 5.94. The number of carbonyl (C=O) groups excluding carboxylic acids is 1. The van der Waals surface area contributed by atoms with Crippen molar-refractivity contribution in [3.05, 3.63) is 82.7 Å². The highest BCUT2D eigenvalue weighted by molar-refractivity contribution is 6.05. The average molecular weight is 545 g/mol. The van der Waals surface area contributed by atoms with Crippen LogP contribution in [0.2, 0.25) is 0 Å². The van der Waals surface area contributed by atoms with E-state index in [4.69, 9.17) is 19.6 Å². The number of methoxy groups -OCH3 is 1. The van der Waals surface area contributed by atoms with Gasteiger partial charge in [-0.3, -0.25) is 10.4 Å². The Morgan fingerprint density at radius 3 is 2.33 bits per heavy atom. The van der Waals surface area contributed by atoms with Gasteiger partial charge in [0.25, 0.3) is 0 Å². The van der Waals surface area contributed by atoms with Crippen LogP contribution in [0.4, 0.5) is 13.2 Å². The zero-order valence-electron chi connectivity index (χ0n) is 22.0. The highest BCUT2D eigenvalue weighted by Gasteiger charge is 2.38. The van der Waals surface area contributed by atoms with Crippen LogP contribution >= 0.6 is 0 Å². The molecule has 39 heavy (non-hydrogen) atoms. The molecule has 2 N–H and O–H groups in total. The number of carbonyl (C=O) groups is 1. The fourth-order valence-electron chi connectivity index (χ4n) is 4.06. The van der Waals surface area contributed by atoms with Gasteiger partial charge >= 0.3 is 12.1 Å². The van der Waals surface area contributed by atoms with Crippen molar-refractivity contribution < 1.29 is 37.3 Å². The molecule has 1 unspecified atom stereocenters. The van der Waals surface area contributed by atoms with E-state index in [-0.39, 0.29) is 24.3 Å². The van der Waals surface area contributed by atoms with E-state index in [0.29, 0.717) is 36.1 Å². The van der Waals surface area contributed by atoms with E-state index in [0.717, 1.165) is 11.8 Å². The first-order valence-corrected chi connectivity index (χ1v) is 12.5. The molecule has 0 aliphatic heterocycles. The maximum Gasteiger partial charge on any atom is 0.433 e. The number of hydrogen-bond acceptors (Lipinski definition) is 7. The summed E-state index contributed by atoms with van der Waals surface area (Å²) < 4.78 is 57.0. The number of aryl methyl sites for hydroxylation is 1. The summed E-state index contributed by atoms with van der Waals surface area (Å²) in [6, 6.07) is 13.2. The molecule has 1 heterocycles. The molecule has 0 amide bonds. The second kappa shape index (κ2) is 13.1. The normalized spacial score (nSPS) is 12.1. The van der Waals surface area contributed by atoms with Crippen molar-refractivity contribution in [3.63, 3.8) is 0 Å². The minimum atomic E-state index is -4.94. The van der Waals surface area contributed by atoms with Crippen LogP contribution in [0.25, 0.3) is 0 Å². The van der Waals surface area contributed by atoms with E-state index in [9.17, 15) is 23.1 Å². The zero-order chi connectivity index (χ0) is 28.6. The number of benzene rings is 2. The number of nitrogens with zero attached hydrogens (tertiary/aromatic N) is 1. The predicted molar refractivity (Wildman–Crippen MR) is 139 cm³/mol. The van der Waals surface area contributed by atoms with Crippen molar-refractivity contribution in [3.8, 4) is 17.2 Å². The molecule has 0 radical (unpaired) electrons. The number of phenolic OH excluding ortho intramolecular Hbond substituents is 1. The fraction of sp³-hybridized carbons (Fsp3) is 0.345. The first-order chi connectivity index (χ1) is 18.6. The van der Waals surface area contributed by atoms with E-state index >= 15 is 0 Å². The molecule has 3 rings (SSSR count). The number of aromatic nitrogens is 1. The summed E-state index contributed by atoms with van der Waals surface area (Å²) in [6.07, 6.45) is -3.04. The van der Waals surface area contributed by atoms with E-state index in [1.807, 2.05) is 19.1 Å². The minimum Gasteiger partial charge on any atom is -0.507 e. The van der Waals surface area contributed by atoms with Gasteiger partial charge in [0.2, 0.25) is 6.10 Å². The topological polar surface area (TPSA) is 102 Å². The van der Waals surface area contributed by atoms with Gasteiger partial charge in [0, 0.05) is 22.9 Å². The van der Waals surface area contributed by atoms with Crippen molar-refractivity contribution in [2.24, 2.45) is 0 Å². The molecule has 1 aromatic heterocycles. The Balaban J connectivity index is 1.99. The summed E-state index contributed by atoms with van der Waals surface area (Å²) in [5.74, 6) is -0.774. The SMILES string of the molecule is CCCc1cc(C(=N)C(F)(F)F)c(O)c(CCC)c1OC(C(=O)OC)c1ccc(OCc2ccccn2)cc1. The molecular formula is C29H31F3N2O5. The van der Waals surface area contributed by atoms with Gasteiger partial charge in [0.05, 0.1) is 12.8 Å². The van der Waals surface area contributed by atoms with Crippen LogP contribution in [0.1, 0.15) is 60.7 Å². The van der Waals surface area contributed by atoms with Crippen molar-refractivity contribution in [1.82, 2.24) is 4.98 Å². The van der Waals surface area contributed by atoms with Gasteiger partial charge in [0.15, 0.2) is 0 Å². The standard InChI is InChI=1S/C29H31F3N2O5/c1-4-8-19-16-23(27(33)29(30,31)32)24(35)22(9-5-2)25(19)39-26(28(36)37-3)18-11-13-21(14-12-18)38-17-20-10-6-7-15-34-20/h6-7,10-16,26,33,35H,4-5,8-9,17H2,1-3H3. The lowest BCUT2D eigenvalue weighted by Crippen LogP contribution is -2.24. The number of pyridine rings is 1. The molecule has 3 aromatic rings. The number of halogens is 3. The smallest absolute Gasteiger partial charge is 0.433 e. The summed E-state index contributed by atoms with van der Waals surface area (Å²) in [6.45, 7) is 3.88. The molecular weight excluding hydrogens is 513 g/mol. The third kappa shape index (κ3) is 7.28. The largest absolute Gasteiger partial charge is 0.507 e. The van der Waals surface area contributed by atoms with Gasteiger partial charge in [0.1, 0.15) is 29.6 Å². The molecule has 0 aliphatic carbocycles. The third-order valence-corrected chi connectivity index (χ3v) is 5.94. The van der Waals surface area contributed by atoms with Gasteiger partial charge < -0.3 is 19.3 Å². The molecule has 0 saturated carbocycles. The van der Waals surface area contributed by atoms with Gasteiger partial charge in [-0.05, 0) is 48.7 Å². The number of esters is 1. The highest BCUT2D eigenvalue weighted by Crippen LogP contribution is 2.41. The molecule has 0 bridgehead atoms. The van der Waals surface area contributed by atoms with Crippen LogP contribution < -0.4 is 9.47 Å². The first kappa shape index (κ1) is 29.5. The van der Waals surface area contributed by atoms with E-state index in [2.05, 4.69) is 4.98 Å². The second-order valence-corrected chi connectivity index (χ2v) is 8.81. The van der Waals surface area contributed by atoms with E-state index < -0.39 is 35.3 Å². The van der Waals surface area contributed by atoms with Crippen molar-refractivity contribution in [2.75, 3.05) is 7.11 Å². The quantitative estimate of drug-likeness (QED) is 0.200. The van der Waals surface area contributed by atoms with Crippen LogP contribution in [0.15, 0.2) is 54.7 Å². The van der Waals surface area contributed by atoms with Crippen molar-refractivity contribution in [2.45, 2.75) is 58.4 Å². The van der Waals surface area contributed by atoms with Crippen LogP contribution in [0.3, 0.4) is 0 Å². The first-order valence-electron chi connectivity index (χ1n) is 12.5. The average Bonchev–Trinajstić information content (AvgIpc) is 2.93. The molecule has 0 saturated heterocycles. The monoisotopic (exact) mass is 544 g/mol. The lowest BCUT2D eigenvalue weighted by Gasteiger charge is -2.24. The summed E-state index contributed by atoms with van der Waals surface area (Å²) in [5.41, 5.74) is -0.642. The number of alkyl halides is 3. The van der Waals surface area contributed by atoms with Crippen molar-refractivity contribution in [1.29, 1.82) is 5.41 Å². The Labute approximate surface area is 225 Å². The fourth-order valence-corrected chi connectivity index (χ4v) is 4.06. The Kier molecular flexibility index (Phi) is 9.92. The summed E-state index contributed by atoms with van der Waals surface area (Å²) >= 11 is 0. The van der Waals surface area contributed by atoms with Gasteiger partial charge in [-0.15, -0.1) is 0 Å². The van der Waals surface area contributed by atoms with Gasteiger partial charge in [-0.1, -0.05) is 44.9 Å². The lowest BCUT2D eigenvalue weighted by atomic mass is 9.94. The Hall–Kier alpha value is -4.08. The maximum absolute atomic E-state index is 13.4. The van der Waals surface area contributed by atoms with Crippen LogP contribution in [0.5, 0.6) is 17.2 Å². The molecule has 7 nitrogen and oxygen atoms in total. The molecule has 2 aromatic carbocycles. The molecule has 10 heteroatoms. The highest BCUT2D eigenvalue weighted by atomic mass is 19.4. The van der Waals surface area contributed by atoms with Crippen molar-refractivity contribution >= 4 is 11.7 Å². The van der Waals surface area contributed by atoms with Gasteiger partial charge in [-0.2, -0.15) is 13.2 Å². The number of phenols is 1. The Bertz CT molecular complexity index is 1280. The summed E-state index contributed by atoms with van der Waals surface area (Å²) in [4.78, 5) is 17.0. The number of nitrogens with one attached hydrogen (secondary N) is 1. The molecule has 0 aliphatic rings. The molecule has 208 valence electrons. The number of aromatic hydroxyl groups is 1. The molecule has 1 atom stereocenters. The van der Waals surface area contributed by atoms with E-state index in [1.165, 1.54) is 7.11 Å². The zero-order valence-corrected chi connectivity index (χ0v) is 22.0. The number of rotatable bonds is 12. The lowest BCUT2D eigenvalue weighted by molar-refractivity contribution is -0.149. The van der Waals surface area contributed by atoms with Crippen LogP contribution in [0, 0.1) is 5.41 Å². The number of hydrogen-bond donors (Lipinski definition) is 2. The second-order valence-electron chi connectivity index (χ2n) is 8.81. The molecule has 0 fully saturated rings. The molecule has 0 spiro atoms. The number of ether oxygens (including phenoxy) is 3. The summed E-state index contributed by atoms with van der Waals surface area (Å²) in [7, 11) is 1.20. The van der Waals surface area contributed by atoms with E-state index in [1.54, 1.807) is 43.5 Å². The Morgan fingerprint density at radius 2 is 1.77 bits per heavy atom. The Morgan fingerprint density at radius 1 is 1.08 bits per heavy atom. The summed E-state index contributed by atoms with van der Waals surface area (Å²) in [5, 5.41) is 18.5. The van der Waals surface area contributed by atoms with Gasteiger partial charge in [-0.25, -0.2) is 4.79 Å².